The van der Waals surface area contributed by atoms with Crippen LogP contribution in [0.4, 0.5) is 0 Å². The SMILES string of the molecule is Cc1ccccc1[CH]c1cccs1. The first-order chi connectivity index (χ1) is 6.36. The Morgan fingerprint density at radius 2 is 1.92 bits per heavy atom. The molecule has 2 aromatic rings. The molecule has 1 aromatic heterocycles. The van der Waals surface area contributed by atoms with Gasteiger partial charge in [-0.05, 0) is 29.5 Å². The molecule has 2 rings (SSSR count). The monoisotopic (exact) mass is 187 g/mol. The molecule has 0 N–H and O–H groups in total. The van der Waals surface area contributed by atoms with E-state index in [1.54, 1.807) is 11.3 Å². The van der Waals surface area contributed by atoms with E-state index in [9.17, 15) is 0 Å². The van der Waals surface area contributed by atoms with Crippen molar-refractivity contribution in [2.24, 2.45) is 0 Å². The lowest BCUT2D eigenvalue weighted by Crippen LogP contribution is -1.85. The molecule has 0 spiro atoms. The average Bonchev–Trinajstić information content (AvgIpc) is 2.61. The van der Waals surface area contributed by atoms with Gasteiger partial charge in [0.15, 0.2) is 0 Å². The first kappa shape index (κ1) is 8.52. The number of hydrogen-bond donors (Lipinski definition) is 0. The Balaban J connectivity index is 2.24. The molecule has 0 aliphatic heterocycles. The largest absolute Gasteiger partial charge is 0.148 e. The molecule has 1 radical (unpaired) electrons. The molecule has 65 valence electrons. The zero-order valence-corrected chi connectivity index (χ0v) is 8.34. The van der Waals surface area contributed by atoms with Crippen molar-refractivity contribution in [3.05, 3.63) is 64.2 Å². The Morgan fingerprint density at radius 3 is 2.62 bits per heavy atom. The highest BCUT2D eigenvalue weighted by Crippen LogP contribution is 2.18. The summed E-state index contributed by atoms with van der Waals surface area (Å²) in [7, 11) is 0. The number of aryl methyl sites for hydroxylation is 1. The highest BCUT2D eigenvalue weighted by Gasteiger charge is 1.99. The third-order valence-corrected chi connectivity index (χ3v) is 2.85. The van der Waals surface area contributed by atoms with Crippen LogP contribution in [0.3, 0.4) is 0 Å². The van der Waals surface area contributed by atoms with Crippen LogP contribution in [-0.4, -0.2) is 0 Å². The quantitative estimate of drug-likeness (QED) is 0.673. The zero-order chi connectivity index (χ0) is 9.10. The highest BCUT2D eigenvalue weighted by atomic mass is 32.1. The van der Waals surface area contributed by atoms with Gasteiger partial charge in [-0.2, -0.15) is 0 Å². The molecule has 0 saturated heterocycles. The average molecular weight is 187 g/mol. The summed E-state index contributed by atoms with van der Waals surface area (Å²) in [5.74, 6) is 0. The molecule has 1 heteroatoms. The van der Waals surface area contributed by atoms with Crippen LogP contribution in [0, 0.1) is 13.3 Å². The van der Waals surface area contributed by atoms with E-state index in [0.29, 0.717) is 0 Å². The summed E-state index contributed by atoms with van der Waals surface area (Å²) in [5.41, 5.74) is 2.64. The minimum atomic E-state index is 1.31. The van der Waals surface area contributed by atoms with Gasteiger partial charge in [-0.15, -0.1) is 11.3 Å². The minimum absolute atomic E-state index is 1.31. The number of thiophene rings is 1. The smallest absolute Gasteiger partial charge is 0.0303 e. The van der Waals surface area contributed by atoms with Crippen LogP contribution in [0.1, 0.15) is 16.0 Å². The van der Waals surface area contributed by atoms with E-state index in [4.69, 9.17) is 0 Å². The lowest BCUT2D eigenvalue weighted by Gasteiger charge is -2.01. The van der Waals surface area contributed by atoms with E-state index < -0.39 is 0 Å². The fraction of sp³-hybridized carbons (Fsp3) is 0.0833. The normalized spacial score (nSPS) is 10.2. The van der Waals surface area contributed by atoms with Gasteiger partial charge in [0, 0.05) is 11.3 Å². The van der Waals surface area contributed by atoms with E-state index in [2.05, 4.69) is 55.1 Å². The van der Waals surface area contributed by atoms with E-state index in [0.717, 1.165) is 0 Å². The lowest BCUT2D eigenvalue weighted by molar-refractivity contribution is 1.37. The van der Waals surface area contributed by atoms with Crippen LogP contribution < -0.4 is 0 Å². The number of rotatable bonds is 2. The van der Waals surface area contributed by atoms with E-state index in [-0.39, 0.29) is 0 Å². The molecule has 0 nitrogen and oxygen atoms in total. The Morgan fingerprint density at radius 1 is 1.08 bits per heavy atom. The molecule has 0 fully saturated rings. The van der Waals surface area contributed by atoms with Gasteiger partial charge in [0.25, 0.3) is 0 Å². The second-order valence-corrected chi connectivity index (χ2v) is 4.00. The van der Waals surface area contributed by atoms with Crippen molar-refractivity contribution in [1.29, 1.82) is 0 Å². The second-order valence-electron chi connectivity index (χ2n) is 3.02. The molecule has 0 amide bonds. The first-order valence-corrected chi connectivity index (χ1v) is 5.18. The van der Waals surface area contributed by atoms with Crippen molar-refractivity contribution in [2.75, 3.05) is 0 Å². The zero-order valence-electron chi connectivity index (χ0n) is 7.53. The predicted octanol–water partition coefficient (Wildman–Crippen LogP) is 3.66. The van der Waals surface area contributed by atoms with Crippen molar-refractivity contribution in [1.82, 2.24) is 0 Å². The summed E-state index contributed by atoms with van der Waals surface area (Å²) < 4.78 is 0. The number of hydrogen-bond acceptors (Lipinski definition) is 1. The summed E-state index contributed by atoms with van der Waals surface area (Å²) in [5, 5.41) is 2.10. The van der Waals surface area contributed by atoms with E-state index >= 15 is 0 Å². The fourth-order valence-corrected chi connectivity index (χ4v) is 1.94. The Labute approximate surface area is 82.9 Å². The van der Waals surface area contributed by atoms with Crippen molar-refractivity contribution < 1.29 is 0 Å². The van der Waals surface area contributed by atoms with Gasteiger partial charge in [-0.1, -0.05) is 30.3 Å². The molecule has 13 heavy (non-hydrogen) atoms. The molecule has 0 atom stereocenters. The minimum Gasteiger partial charge on any atom is -0.148 e. The van der Waals surface area contributed by atoms with Crippen LogP contribution in [0.15, 0.2) is 41.8 Å². The molecule has 1 aromatic carbocycles. The molecule has 0 saturated carbocycles. The van der Waals surface area contributed by atoms with Gasteiger partial charge in [0.05, 0.1) is 0 Å². The van der Waals surface area contributed by atoms with Crippen molar-refractivity contribution in [3.8, 4) is 0 Å². The van der Waals surface area contributed by atoms with Gasteiger partial charge in [-0.25, -0.2) is 0 Å². The maximum absolute atomic E-state index is 2.22. The van der Waals surface area contributed by atoms with E-state index in [1.165, 1.54) is 16.0 Å². The molecule has 0 unspecified atom stereocenters. The van der Waals surface area contributed by atoms with Crippen molar-refractivity contribution >= 4 is 11.3 Å². The van der Waals surface area contributed by atoms with Gasteiger partial charge < -0.3 is 0 Å². The standard InChI is InChI=1S/C12H11S/c1-10-5-2-3-6-11(10)9-12-7-4-8-13-12/h2-9H,1H3. The number of benzene rings is 1. The van der Waals surface area contributed by atoms with Crippen LogP contribution in [0.2, 0.25) is 0 Å². The van der Waals surface area contributed by atoms with Crippen molar-refractivity contribution in [3.63, 3.8) is 0 Å². The Kier molecular flexibility index (Phi) is 2.46. The predicted molar refractivity (Wildman–Crippen MR) is 58.0 cm³/mol. The fourth-order valence-electron chi connectivity index (χ4n) is 1.28. The summed E-state index contributed by atoms with van der Waals surface area (Å²) in [6.45, 7) is 2.14. The molecule has 0 aliphatic carbocycles. The van der Waals surface area contributed by atoms with E-state index in [1.807, 2.05) is 0 Å². The summed E-state index contributed by atoms with van der Waals surface area (Å²) in [6, 6.07) is 12.6. The maximum Gasteiger partial charge on any atom is 0.0303 e. The van der Waals surface area contributed by atoms with Gasteiger partial charge in [-0.3, -0.25) is 0 Å². The van der Waals surface area contributed by atoms with Crippen molar-refractivity contribution in [2.45, 2.75) is 6.92 Å². The second kappa shape index (κ2) is 3.75. The summed E-state index contributed by atoms with van der Waals surface area (Å²) >= 11 is 1.77. The van der Waals surface area contributed by atoms with Crippen LogP contribution in [-0.2, 0) is 0 Å². The summed E-state index contributed by atoms with van der Waals surface area (Å²) in [4.78, 5) is 1.31. The molecular weight excluding hydrogens is 176 g/mol. The topological polar surface area (TPSA) is 0 Å². The Bertz CT molecular complexity index is 374. The lowest BCUT2D eigenvalue weighted by atomic mass is 10.1. The molecule has 0 bridgehead atoms. The third-order valence-electron chi connectivity index (χ3n) is 2.03. The third kappa shape index (κ3) is 1.99. The molecule has 1 heterocycles. The molecule has 0 aliphatic rings. The summed E-state index contributed by atoms with van der Waals surface area (Å²) in [6.07, 6.45) is 2.22. The Hall–Kier alpha value is -1.08. The van der Waals surface area contributed by atoms with Crippen LogP contribution in [0.25, 0.3) is 0 Å². The first-order valence-electron chi connectivity index (χ1n) is 4.30. The van der Waals surface area contributed by atoms with Gasteiger partial charge in [0.2, 0.25) is 0 Å². The van der Waals surface area contributed by atoms with Gasteiger partial charge in [0.1, 0.15) is 0 Å². The van der Waals surface area contributed by atoms with Crippen LogP contribution in [0.5, 0.6) is 0 Å². The molecular formula is C12H11S. The van der Waals surface area contributed by atoms with Gasteiger partial charge >= 0.3 is 0 Å². The van der Waals surface area contributed by atoms with Crippen LogP contribution >= 0.6 is 11.3 Å². The maximum atomic E-state index is 2.22. The highest BCUT2D eigenvalue weighted by molar-refractivity contribution is 7.10.